The minimum Gasteiger partial charge on any atom is -0.472 e. The van der Waals surface area contributed by atoms with Crippen molar-refractivity contribution in [3.8, 4) is 11.6 Å². The zero-order valence-corrected chi connectivity index (χ0v) is 29.1. The lowest BCUT2D eigenvalue weighted by molar-refractivity contribution is -0.274. The summed E-state index contributed by atoms with van der Waals surface area (Å²) >= 11 is 7.57. The second kappa shape index (κ2) is 13.4. The summed E-state index contributed by atoms with van der Waals surface area (Å²) in [5, 5.41) is 10.8. The Balaban J connectivity index is 1.51. The fraction of sp³-hybridized carbons (Fsp3) is 0.375. The van der Waals surface area contributed by atoms with Gasteiger partial charge in [0, 0.05) is 30.4 Å². The molecule has 0 fully saturated rings. The normalized spacial score (nSPS) is 17.0. The monoisotopic (exact) mass is 737 g/mol. The quantitative estimate of drug-likeness (QED) is 0.149. The second-order valence-corrected chi connectivity index (χ2v) is 14.8. The van der Waals surface area contributed by atoms with Gasteiger partial charge in [0.05, 0.1) is 24.6 Å². The zero-order chi connectivity index (χ0) is 35.2. The van der Waals surface area contributed by atoms with Gasteiger partial charge < -0.3 is 14.2 Å². The standard InChI is InChI=1S/C32H31ClF3N5O6S2/c1-5-22-16-41(49(43,44)26-11-21(33)14-37-31(26)46-22)15-20-10-19(9-18-7-8-48-30(18)20)24(13-27(42)45-6-2)23-12-25(47-32(34,35)36)29-28(17(23)3)38-39-40(29)4/h7-12,14,22,24H,5-6,13,15-16H2,1-4H3/t22-,24+/m1/s1. The Morgan fingerprint density at radius 1 is 1.22 bits per heavy atom. The van der Waals surface area contributed by atoms with Crippen LogP contribution in [-0.4, -0.2) is 64.3 Å². The SMILES string of the molecule is CCOC(=O)C[C@@H](c1cc(CN2C[C@@H](CC)Oc3ncc(Cl)cc3S2(=O)=O)c2sccc2c1)c1cc(OC(F)(F)F)c2c(nnn2C)c1C. The highest BCUT2D eigenvalue weighted by Crippen LogP contribution is 2.42. The van der Waals surface area contributed by atoms with Crippen LogP contribution in [0.25, 0.3) is 21.1 Å². The van der Waals surface area contributed by atoms with Crippen molar-refractivity contribution in [3.05, 3.63) is 69.2 Å². The molecule has 0 saturated carbocycles. The number of aryl methyl sites for hydroxylation is 2. The van der Waals surface area contributed by atoms with Crippen molar-refractivity contribution in [2.45, 2.75) is 63.4 Å². The number of hydrogen-bond acceptors (Lipinski definition) is 10. The summed E-state index contributed by atoms with van der Waals surface area (Å²) in [6, 6.07) is 8.05. The summed E-state index contributed by atoms with van der Waals surface area (Å²) < 4.78 is 88.0. The largest absolute Gasteiger partial charge is 0.573 e. The molecule has 0 saturated heterocycles. The van der Waals surface area contributed by atoms with Gasteiger partial charge in [0.2, 0.25) is 15.9 Å². The van der Waals surface area contributed by atoms with Gasteiger partial charge in [-0.25, -0.2) is 18.1 Å². The molecule has 0 radical (unpaired) electrons. The van der Waals surface area contributed by atoms with Gasteiger partial charge in [-0.05, 0) is 77.6 Å². The number of halogens is 4. The van der Waals surface area contributed by atoms with E-state index in [2.05, 4.69) is 20.0 Å². The first-order valence-corrected chi connectivity index (χ1v) is 18.0. The molecule has 0 aliphatic carbocycles. The lowest BCUT2D eigenvalue weighted by Crippen LogP contribution is -2.36. The van der Waals surface area contributed by atoms with Gasteiger partial charge in [0.15, 0.2) is 5.75 Å². The number of ether oxygens (including phenoxy) is 3. The summed E-state index contributed by atoms with van der Waals surface area (Å²) in [7, 11) is -2.69. The van der Waals surface area contributed by atoms with Crippen LogP contribution in [0, 0.1) is 6.92 Å². The number of esters is 1. The van der Waals surface area contributed by atoms with Gasteiger partial charge in [-0.15, -0.1) is 29.6 Å². The van der Waals surface area contributed by atoms with Gasteiger partial charge in [-0.1, -0.05) is 29.8 Å². The van der Waals surface area contributed by atoms with Crippen molar-refractivity contribution in [1.82, 2.24) is 24.3 Å². The van der Waals surface area contributed by atoms with Crippen molar-refractivity contribution >= 4 is 60.0 Å². The van der Waals surface area contributed by atoms with Crippen molar-refractivity contribution in [2.75, 3.05) is 13.2 Å². The van der Waals surface area contributed by atoms with E-state index in [-0.39, 0.29) is 52.9 Å². The van der Waals surface area contributed by atoms with E-state index in [1.807, 2.05) is 24.4 Å². The molecule has 4 heterocycles. The Hall–Kier alpha value is -3.99. The highest BCUT2D eigenvalue weighted by molar-refractivity contribution is 7.89. The average Bonchev–Trinajstić information content (AvgIpc) is 3.65. The van der Waals surface area contributed by atoms with Crippen molar-refractivity contribution in [2.24, 2.45) is 7.05 Å². The Labute approximate surface area is 288 Å². The molecule has 1 aliphatic rings. The first-order valence-electron chi connectivity index (χ1n) is 15.3. The number of hydrogen-bond donors (Lipinski definition) is 0. The Bertz CT molecular complexity index is 2170. The molecule has 2 atom stereocenters. The van der Waals surface area contributed by atoms with E-state index in [1.54, 1.807) is 19.9 Å². The number of benzene rings is 2. The molecule has 260 valence electrons. The molecule has 0 N–H and O–H groups in total. The lowest BCUT2D eigenvalue weighted by atomic mass is 9.84. The highest BCUT2D eigenvalue weighted by atomic mass is 35.5. The molecule has 1 aliphatic heterocycles. The molecule has 0 bridgehead atoms. The van der Waals surface area contributed by atoms with E-state index in [9.17, 15) is 26.4 Å². The van der Waals surface area contributed by atoms with E-state index in [1.165, 1.54) is 45.7 Å². The summed E-state index contributed by atoms with van der Waals surface area (Å²) in [4.78, 5) is 17.0. The van der Waals surface area contributed by atoms with Crippen molar-refractivity contribution in [1.29, 1.82) is 0 Å². The predicted octanol–water partition coefficient (Wildman–Crippen LogP) is 6.89. The maximum absolute atomic E-state index is 14.1. The molecule has 0 spiro atoms. The number of carbonyl (C=O) groups is 1. The summed E-state index contributed by atoms with van der Waals surface area (Å²) in [5.41, 5.74) is 2.24. The van der Waals surface area contributed by atoms with Crippen LogP contribution < -0.4 is 9.47 Å². The van der Waals surface area contributed by atoms with Crippen LogP contribution in [0.15, 0.2) is 46.8 Å². The topological polar surface area (TPSA) is 126 Å². The molecule has 2 aromatic carbocycles. The molecular formula is C32H31ClF3N5O6S2. The van der Waals surface area contributed by atoms with Gasteiger partial charge in [-0.2, -0.15) is 4.31 Å². The molecule has 0 amide bonds. The van der Waals surface area contributed by atoms with E-state index in [0.717, 1.165) is 10.1 Å². The summed E-state index contributed by atoms with van der Waals surface area (Å²) in [5.74, 6) is -1.96. The first kappa shape index (κ1) is 34.9. The van der Waals surface area contributed by atoms with Crippen molar-refractivity contribution < 1.29 is 40.6 Å². The Morgan fingerprint density at radius 2 is 2.00 bits per heavy atom. The molecule has 0 unspecified atom stereocenters. The number of carbonyl (C=O) groups excluding carboxylic acids is 1. The molecule has 17 heteroatoms. The molecule has 49 heavy (non-hydrogen) atoms. The summed E-state index contributed by atoms with van der Waals surface area (Å²) in [6.45, 7) is 5.27. The van der Waals surface area contributed by atoms with Crippen LogP contribution >= 0.6 is 22.9 Å². The fourth-order valence-electron chi connectivity index (χ4n) is 6.09. The van der Waals surface area contributed by atoms with Crippen LogP contribution in [0.5, 0.6) is 11.6 Å². The third-order valence-corrected chi connectivity index (χ3v) is 11.4. The van der Waals surface area contributed by atoms with Gasteiger partial charge >= 0.3 is 12.3 Å². The second-order valence-electron chi connectivity index (χ2n) is 11.5. The number of aromatic nitrogens is 4. The van der Waals surface area contributed by atoms with Crippen LogP contribution in [0.3, 0.4) is 0 Å². The molecular weight excluding hydrogens is 707 g/mol. The Kier molecular flexibility index (Phi) is 9.52. The van der Waals surface area contributed by atoms with Crippen molar-refractivity contribution in [3.63, 3.8) is 0 Å². The van der Waals surface area contributed by atoms with Gasteiger partial charge in [0.25, 0.3) is 0 Å². The maximum atomic E-state index is 14.1. The van der Waals surface area contributed by atoms with E-state index in [0.29, 0.717) is 28.7 Å². The highest BCUT2D eigenvalue weighted by Gasteiger charge is 2.37. The lowest BCUT2D eigenvalue weighted by Gasteiger charge is -2.25. The molecule has 11 nitrogen and oxygen atoms in total. The smallest absolute Gasteiger partial charge is 0.472 e. The third-order valence-electron chi connectivity index (χ3n) is 8.36. The Morgan fingerprint density at radius 3 is 2.71 bits per heavy atom. The van der Waals surface area contributed by atoms with Crippen LogP contribution in [-0.2, 0) is 33.1 Å². The number of sulfonamides is 1. The van der Waals surface area contributed by atoms with Crippen LogP contribution in [0.1, 0.15) is 54.9 Å². The van der Waals surface area contributed by atoms with E-state index < -0.39 is 40.1 Å². The fourth-order valence-corrected chi connectivity index (χ4v) is 8.75. The molecule has 6 rings (SSSR count). The first-order chi connectivity index (χ1) is 23.2. The van der Waals surface area contributed by atoms with Crippen LogP contribution in [0.4, 0.5) is 13.2 Å². The third kappa shape index (κ3) is 6.91. The number of fused-ring (bicyclic) bond motifs is 3. The van der Waals surface area contributed by atoms with Gasteiger partial charge in [0.1, 0.15) is 22.0 Å². The number of thiophene rings is 1. The zero-order valence-electron chi connectivity index (χ0n) is 26.7. The minimum atomic E-state index is -5.01. The van der Waals surface area contributed by atoms with E-state index in [4.69, 9.17) is 21.1 Å². The molecule has 5 aromatic rings. The van der Waals surface area contributed by atoms with Gasteiger partial charge in [-0.3, -0.25) is 4.79 Å². The minimum absolute atomic E-state index is 0.0246. The van der Waals surface area contributed by atoms with E-state index >= 15 is 0 Å². The van der Waals surface area contributed by atoms with Crippen LogP contribution in [0.2, 0.25) is 5.02 Å². The number of nitrogens with zero attached hydrogens (tertiary/aromatic N) is 5. The number of alkyl halides is 3. The predicted molar refractivity (Wildman–Crippen MR) is 176 cm³/mol. The number of rotatable bonds is 9. The summed E-state index contributed by atoms with van der Waals surface area (Å²) in [6.07, 6.45) is -3.92. The average molecular weight is 738 g/mol. The molecule has 3 aromatic heterocycles. The maximum Gasteiger partial charge on any atom is 0.573 e. The number of pyridine rings is 1.